The highest BCUT2D eigenvalue weighted by Crippen LogP contribution is 2.39. The maximum absolute atomic E-state index is 12.9. The summed E-state index contributed by atoms with van der Waals surface area (Å²) in [6, 6.07) is -4.24. The standard InChI is InChI=1S/C24H45N5O13/c25-7-3-8(29-23(38)24(39)4-11(24)26)20(42-22-17(35)13(27)14(32)10(6-31)41-22)16(34)12(7)21-19(37)18(36)15(33)9(40-21)5-28-1-2-30/h7-22,28,30-37,39H,1-6,25-27H2,(H,29,38)/t7-,8+,9?,10+,11?,12?,13-,14?,15+,16-,17+,18-,19+,20-,21+,22+,24?/m0/s1. The van der Waals surface area contributed by atoms with Crippen LogP contribution in [0.25, 0.3) is 0 Å². The Kier molecular flexibility index (Phi) is 10.8. The van der Waals surface area contributed by atoms with Crippen molar-refractivity contribution >= 4 is 5.91 Å². The molecule has 18 nitrogen and oxygen atoms in total. The normalized spacial score (nSPS) is 51.2. The van der Waals surface area contributed by atoms with Crippen LogP contribution in [0.4, 0.5) is 0 Å². The van der Waals surface area contributed by atoms with Crippen LogP contribution in [0.5, 0.6) is 0 Å². The van der Waals surface area contributed by atoms with Gasteiger partial charge in [0, 0.05) is 37.5 Å². The van der Waals surface area contributed by atoms with Crippen molar-refractivity contribution in [3.05, 3.63) is 0 Å². The van der Waals surface area contributed by atoms with E-state index >= 15 is 0 Å². The van der Waals surface area contributed by atoms with Crippen molar-refractivity contribution in [2.45, 2.75) is 110 Å². The average molecular weight is 612 g/mol. The molecule has 2 heterocycles. The molecule has 244 valence electrons. The van der Waals surface area contributed by atoms with E-state index in [0.717, 1.165) is 0 Å². The van der Waals surface area contributed by atoms with Gasteiger partial charge in [-0.05, 0) is 6.42 Å². The van der Waals surface area contributed by atoms with Crippen LogP contribution in [0.15, 0.2) is 0 Å². The molecule has 5 unspecified atom stereocenters. The van der Waals surface area contributed by atoms with Crippen LogP contribution >= 0.6 is 0 Å². The summed E-state index contributed by atoms with van der Waals surface area (Å²) in [6.45, 7) is -0.753. The van der Waals surface area contributed by atoms with Gasteiger partial charge in [-0.1, -0.05) is 0 Å². The monoisotopic (exact) mass is 611 g/mol. The number of carbonyl (C=O) groups is 1. The lowest BCUT2D eigenvalue weighted by Gasteiger charge is -2.52. The van der Waals surface area contributed by atoms with E-state index in [-0.39, 0.29) is 32.5 Å². The van der Waals surface area contributed by atoms with Gasteiger partial charge in [0.1, 0.15) is 42.7 Å². The van der Waals surface area contributed by atoms with Crippen LogP contribution in [0.2, 0.25) is 0 Å². The van der Waals surface area contributed by atoms with E-state index in [1.165, 1.54) is 0 Å². The highest BCUT2D eigenvalue weighted by molar-refractivity contribution is 5.89. The molecule has 4 aliphatic rings. The summed E-state index contributed by atoms with van der Waals surface area (Å²) in [5.41, 5.74) is 16.2. The number of hydrogen-bond acceptors (Lipinski definition) is 17. The van der Waals surface area contributed by atoms with Gasteiger partial charge in [-0.2, -0.15) is 0 Å². The summed E-state index contributed by atoms with van der Waals surface area (Å²) in [5, 5.41) is 98.9. The molecule has 0 aromatic carbocycles. The Morgan fingerprint density at radius 3 is 2.17 bits per heavy atom. The maximum Gasteiger partial charge on any atom is 0.253 e. The molecule has 18 heteroatoms. The fourth-order valence-corrected chi connectivity index (χ4v) is 6.05. The molecule has 2 aliphatic heterocycles. The van der Waals surface area contributed by atoms with E-state index in [1.807, 2.05) is 0 Å². The lowest BCUT2D eigenvalue weighted by Crippen LogP contribution is -2.71. The van der Waals surface area contributed by atoms with Crippen molar-refractivity contribution in [3.8, 4) is 0 Å². The summed E-state index contributed by atoms with van der Waals surface area (Å²) in [5.74, 6) is -2.03. The first-order chi connectivity index (χ1) is 19.8. The van der Waals surface area contributed by atoms with Gasteiger partial charge in [0.25, 0.3) is 5.91 Å². The molecule has 2 saturated carbocycles. The third-order valence-electron chi connectivity index (χ3n) is 8.83. The first-order valence-corrected chi connectivity index (χ1v) is 14.0. The molecule has 1 amide bonds. The first kappa shape index (κ1) is 33.7. The van der Waals surface area contributed by atoms with Gasteiger partial charge < -0.3 is 88.0 Å². The van der Waals surface area contributed by atoms with Crippen LogP contribution in [0.1, 0.15) is 12.8 Å². The van der Waals surface area contributed by atoms with Crippen LogP contribution < -0.4 is 27.8 Å². The number of aliphatic hydroxyl groups excluding tert-OH is 8. The van der Waals surface area contributed by atoms with Crippen molar-refractivity contribution in [2.75, 3.05) is 26.3 Å². The summed E-state index contributed by atoms with van der Waals surface area (Å²) < 4.78 is 17.4. The second-order valence-electron chi connectivity index (χ2n) is 11.7. The molecule has 2 aliphatic carbocycles. The molecule has 0 aromatic heterocycles. The highest BCUT2D eigenvalue weighted by Gasteiger charge is 2.60. The Hall–Kier alpha value is -1.17. The van der Waals surface area contributed by atoms with Gasteiger partial charge in [0.2, 0.25) is 0 Å². The fourth-order valence-electron chi connectivity index (χ4n) is 6.05. The van der Waals surface area contributed by atoms with Crippen molar-refractivity contribution in [3.63, 3.8) is 0 Å². The van der Waals surface area contributed by atoms with E-state index in [1.54, 1.807) is 0 Å². The molecule has 2 saturated heterocycles. The van der Waals surface area contributed by atoms with Crippen molar-refractivity contribution in [1.82, 2.24) is 10.6 Å². The molecule has 42 heavy (non-hydrogen) atoms. The van der Waals surface area contributed by atoms with E-state index in [9.17, 15) is 45.6 Å². The summed E-state index contributed by atoms with van der Waals surface area (Å²) >= 11 is 0. The van der Waals surface area contributed by atoms with Crippen LogP contribution in [-0.4, -0.2) is 175 Å². The van der Waals surface area contributed by atoms with E-state index < -0.39 is 116 Å². The zero-order chi connectivity index (χ0) is 31.1. The van der Waals surface area contributed by atoms with E-state index in [2.05, 4.69) is 10.6 Å². The molecule has 4 fully saturated rings. The zero-order valence-electron chi connectivity index (χ0n) is 22.9. The number of carbonyl (C=O) groups excluding carboxylic acids is 1. The topological polar surface area (TPSA) is 329 Å². The largest absolute Gasteiger partial charge is 0.395 e. The number of aliphatic hydroxyl groups is 9. The van der Waals surface area contributed by atoms with Gasteiger partial charge in [-0.3, -0.25) is 4.79 Å². The molecule has 0 radical (unpaired) electrons. The molecular weight excluding hydrogens is 566 g/mol. The summed E-state index contributed by atoms with van der Waals surface area (Å²) in [7, 11) is 0. The SMILES string of the molecule is NC1CC1(O)C(=O)N[C@@H]1C[C@H](N)C([C@H]2OC(CNCCO)[C@@H](O)[C@H](O)[C@H]2O)[C@H](O)[C@H]1O[C@H]1O[C@H](CO)C(O)[C@H](N)[C@H]1O. The van der Waals surface area contributed by atoms with Gasteiger partial charge >= 0.3 is 0 Å². The van der Waals surface area contributed by atoms with Crippen molar-refractivity contribution < 1.29 is 65.0 Å². The molecule has 0 aromatic rings. The number of nitrogens with two attached hydrogens (primary N) is 3. The predicted molar refractivity (Wildman–Crippen MR) is 139 cm³/mol. The Morgan fingerprint density at radius 1 is 0.905 bits per heavy atom. The Balaban J connectivity index is 1.60. The molecule has 0 spiro atoms. The van der Waals surface area contributed by atoms with Gasteiger partial charge in [0.05, 0.1) is 43.6 Å². The highest BCUT2D eigenvalue weighted by atomic mass is 16.7. The third-order valence-corrected chi connectivity index (χ3v) is 8.83. The van der Waals surface area contributed by atoms with Gasteiger partial charge in [-0.25, -0.2) is 0 Å². The quantitative estimate of drug-likeness (QED) is 0.102. The van der Waals surface area contributed by atoms with Gasteiger partial charge in [0.15, 0.2) is 11.9 Å². The zero-order valence-corrected chi connectivity index (χ0v) is 22.9. The lowest BCUT2D eigenvalue weighted by atomic mass is 9.72. The van der Waals surface area contributed by atoms with Crippen LogP contribution in [0.3, 0.4) is 0 Å². The second kappa shape index (κ2) is 13.4. The first-order valence-electron chi connectivity index (χ1n) is 14.0. The van der Waals surface area contributed by atoms with Crippen LogP contribution in [-0.2, 0) is 19.0 Å². The Labute approximate surface area is 241 Å². The van der Waals surface area contributed by atoms with Gasteiger partial charge in [-0.15, -0.1) is 0 Å². The number of amides is 1. The Morgan fingerprint density at radius 2 is 1.57 bits per heavy atom. The maximum atomic E-state index is 12.9. The fraction of sp³-hybridized carbons (Fsp3) is 0.958. The van der Waals surface area contributed by atoms with E-state index in [4.69, 9.17) is 36.5 Å². The number of hydrogen-bond donors (Lipinski definition) is 14. The van der Waals surface area contributed by atoms with Crippen molar-refractivity contribution in [1.29, 1.82) is 0 Å². The molecule has 17 N–H and O–H groups in total. The summed E-state index contributed by atoms with van der Waals surface area (Å²) in [4.78, 5) is 12.9. The minimum Gasteiger partial charge on any atom is -0.395 e. The Bertz CT molecular complexity index is 924. The van der Waals surface area contributed by atoms with Crippen LogP contribution in [0, 0.1) is 5.92 Å². The number of rotatable bonds is 10. The smallest absolute Gasteiger partial charge is 0.253 e. The third kappa shape index (κ3) is 6.45. The number of nitrogens with one attached hydrogen (secondary N) is 2. The second-order valence-corrected chi connectivity index (χ2v) is 11.7. The lowest BCUT2D eigenvalue weighted by molar-refractivity contribution is -0.310. The number of ether oxygens (including phenoxy) is 3. The summed E-state index contributed by atoms with van der Waals surface area (Å²) in [6.07, 6.45) is -16.6. The predicted octanol–water partition coefficient (Wildman–Crippen LogP) is -8.78. The molecule has 17 atom stereocenters. The molecule has 4 rings (SSSR count). The molecule has 0 bridgehead atoms. The van der Waals surface area contributed by atoms with Crippen molar-refractivity contribution in [2.24, 2.45) is 23.1 Å². The minimum atomic E-state index is -1.84. The minimum absolute atomic E-state index is 0.00227. The van der Waals surface area contributed by atoms with E-state index in [0.29, 0.717) is 0 Å². The average Bonchev–Trinajstić information content (AvgIpc) is 3.58. The molecular formula is C24H45N5O13.